The zero-order valence-corrected chi connectivity index (χ0v) is 23.2. The third-order valence-corrected chi connectivity index (χ3v) is 8.17. The second-order valence-corrected chi connectivity index (χ2v) is 13.3. The van der Waals surface area contributed by atoms with Crippen LogP contribution in [0.2, 0.25) is 0 Å². The molecule has 0 atom stereocenters. The first kappa shape index (κ1) is 26.2. The van der Waals surface area contributed by atoms with E-state index in [0.717, 1.165) is 47.0 Å². The van der Waals surface area contributed by atoms with Crippen LogP contribution < -0.4 is 5.32 Å². The molecule has 4 rings (SSSR count). The topological polar surface area (TPSA) is 77.0 Å². The first-order chi connectivity index (χ1) is 16.5. The van der Waals surface area contributed by atoms with Crippen LogP contribution in [-0.4, -0.2) is 40.1 Å². The summed E-state index contributed by atoms with van der Waals surface area (Å²) in [5.74, 6) is 1.39. The minimum absolute atomic E-state index is 0.0702. The van der Waals surface area contributed by atoms with Gasteiger partial charge in [0.25, 0.3) is 5.91 Å². The van der Waals surface area contributed by atoms with Gasteiger partial charge in [0.1, 0.15) is 5.82 Å². The predicted octanol–water partition coefficient (Wildman–Crippen LogP) is 6.23. The first-order valence-corrected chi connectivity index (χ1v) is 14.1. The van der Waals surface area contributed by atoms with E-state index in [1.807, 2.05) is 0 Å². The third kappa shape index (κ3) is 6.67. The van der Waals surface area contributed by atoms with Gasteiger partial charge >= 0.3 is 0 Å². The zero-order valence-electron chi connectivity index (χ0n) is 22.4. The number of aromatic nitrogens is 3. The molecule has 2 aromatic rings. The number of thiazole rings is 1. The Morgan fingerprint density at radius 2 is 1.66 bits per heavy atom. The maximum atomic E-state index is 13.2. The lowest BCUT2D eigenvalue weighted by Crippen LogP contribution is -2.38. The summed E-state index contributed by atoms with van der Waals surface area (Å²) in [6.45, 7) is 14.4. The van der Waals surface area contributed by atoms with Crippen molar-refractivity contribution in [3.8, 4) is 10.6 Å². The molecule has 35 heavy (non-hydrogen) atoms. The molecular weight excluding hydrogens is 456 g/mol. The number of rotatable bonds is 5. The number of carbonyl (C=O) groups excluding carboxylic acids is 1. The maximum absolute atomic E-state index is 13.2. The van der Waals surface area contributed by atoms with E-state index in [2.05, 4.69) is 52.9 Å². The number of hydrogen-bond donors (Lipinski definition) is 1. The Balaban J connectivity index is 1.73. The molecule has 1 aliphatic carbocycles. The Labute approximate surface area is 214 Å². The summed E-state index contributed by atoms with van der Waals surface area (Å²) in [6, 6.07) is 2.28. The summed E-state index contributed by atoms with van der Waals surface area (Å²) < 4.78 is 5.45. The Morgan fingerprint density at radius 3 is 2.29 bits per heavy atom. The second kappa shape index (κ2) is 10.6. The van der Waals surface area contributed by atoms with Gasteiger partial charge in [0, 0.05) is 30.1 Å². The highest BCUT2D eigenvalue weighted by Gasteiger charge is 2.28. The van der Waals surface area contributed by atoms with Crippen molar-refractivity contribution >= 4 is 17.2 Å². The summed E-state index contributed by atoms with van der Waals surface area (Å²) in [4.78, 5) is 29.2. The van der Waals surface area contributed by atoms with Gasteiger partial charge in [0.05, 0.1) is 22.0 Å². The highest BCUT2D eigenvalue weighted by Crippen LogP contribution is 2.37. The van der Waals surface area contributed by atoms with E-state index >= 15 is 0 Å². The smallest absolute Gasteiger partial charge is 0.280 e. The SMILES string of the molecule is CC(C)(C)c1cc(-c2sc(C(=O)NC3CCOCC3)nc2CC2CCCCC2)nc(C(C)(C)C)n1. The van der Waals surface area contributed by atoms with Gasteiger partial charge in [0.2, 0.25) is 0 Å². The van der Waals surface area contributed by atoms with Gasteiger partial charge in [-0.1, -0.05) is 73.6 Å². The standard InChI is InChI=1S/C28H42N4O2S/c1-27(2,3)22-17-21(31-26(32-22)28(4,5)6)23-20(16-18-10-8-7-9-11-18)30-25(35-23)24(33)29-19-12-14-34-15-13-19/h17-19H,7-16H2,1-6H3,(H,29,33). The fourth-order valence-corrected chi connectivity index (χ4v) is 5.78. The Kier molecular flexibility index (Phi) is 7.96. The minimum atomic E-state index is -0.173. The van der Waals surface area contributed by atoms with Crippen LogP contribution >= 0.6 is 11.3 Å². The van der Waals surface area contributed by atoms with Crippen molar-refractivity contribution in [2.45, 2.75) is 110 Å². The molecule has 1 amide bonds. The van der Waals surface area contributed by atoms with E-state index in [1.54, 1.807) is 0 Å². The van der Waals surface area contributed by atoms with Crippen LogP contribution in [0.1, 0.15) is 114 Å². The normalized spacial score (nSPS) is 18.6. The van der Waals surface area contributed by atoms with Crippen molar-refractivity contribution in [1.82, 2.24) is 20.3 Å². The molecular formula is C28H42N4O2S. The van der Waals surface area contributed by atoms with Gasteiger partial charge in [-0.15, -0.1) is 11.3 Å². The lowest BCUT2D eigenvalue weighted by Gasteiger charge is -2.24. The molecule has 0 aromatic carbocycles. The van der Waals surface area contributed by atoms with Crippen molar-refractivity contribution in [3.05, 3.63) is 28.3 Å². The third-order valence-electron chi connectivity index (χ3n) is 7.05. The molecule has 1 aliphatic heterocycles. The van der Waals surface area contributed by atoms with E-state index in [1.165, 1.54) is 43.4 Å². The molecule has 1 N–H and O–H groups in total. The summed E-state index contributed by atoms with van der Waals surface area (Å²) in [7, 11) is 0. The second-order valence-electron chi connectivity index (χ2n) is 12.3. The van der Waals surface area contributed by atoms with Gasteiger partial charge in [-0.05, 0) is 31.2 Å². The zero-order chi connectivity index (χ0) is 25.2. The fraction of sp³-hybridized carbons (Fsp3) is 0.714. The molecule has 7 heteroatoms. The molecule has 2 aromatic heterocycles. The van der Waals surface area contributed by atoms with Crippen LogP contribution in [0.25, 0.3) is 10.6 Å². The number of amides is 1. The molecule has 2 fully saturated rings. The highest BCUT2D eigenvalue weighted by atomic mass is 32.1. The maximum Gasteiger partial charge on any atom is 0.280 e. The van der Waals surface area contributed by atoms with Crippen LogP contribution in [0.4, 0.5) is 0 Å². The highest BCUT2D eigenvalue weighted by molar-refractivity contribution is 7.17. The van der Waals surface area contributed by atoms with Crippen LogP contribution in [0.15, 0.2) is 6.07 Å². The van der Waals surface area contributed by atoms with Gasteiger partial charge in [-0.2, -0.15) is 0 Å². The van der Waals surface area contributed by atoms with Crippen LogP contribution in [-0.2, 0) is 22.0 Å². The summed E-state index contributed by atoms with van der Waals surface area (Å²) in [6.07, 6.45) is 9.01. The van der Waals surface area contributed by atoms with Gasteiger partial charge in [0.15, 0.2) is 5.01 Å². The van der Waals surface area contributed by atoms with Crippen molar-refractivity contribution in [1.29, 1.82) is 0 Å². The number of carbonyl (C=O) groups is 1. The van der Waals surface area contributed by atoms with Crippen LogP contribution in [0, 0.1) is 5.92 Å². The number of nitrogens with zero attached hydrogens (tertiary/aromatic N) is 3. The average Bonchev–Trinajstić information content (AvgIpc) is 3.23. The molecule has 0 radical (unpaired) electrons. The number of nitrogens with one attached hydrogen (secondary N) is 1. The first-order valence-electron chi connectivity index (χ1n) is 13.3. The quantitative estimate of drug-likeness (QED) is 0.529. The minimum Gasteiger partial charge on any atom is -0.381 e. The summed E-state index contributed by atoms with van der Waals surface area (Å²) >= 11 is 1.49. The summed E-state index contributed by atoms with van der Waals surface area (Å²) in [5.41, 5.74) is 2.68. The number of ether oxygens (including phenoxy) is 1. The molecule has 0 spiro atoms. The van der Waals surface area contributed by atoms with E-state index in [9.17, 15) is 4.79 Å². The van der Waals surface area contributed by atoms with Gasteiger partial charge in [-0.3, -0.25) is 4.79 Å². The van der Waals surface area contributed by atoms with Crippen molar-refractivity contribution < 1.29 is 9.53 Å². The average molecular weight is 499 g/mol. The largest absolute Gasteiger partial charge is 0.381 e. The molecule has 192 valence electrons. The summed E-state index contributed by atoms with van der Waals surface area (Å²) in [5, 5.41) is 3.75. The van der Waals surface area contributed by atoms with Crippen LogP contribution in [0.3, 0.4) is 0 Å². The lowest BCUT2D eigenvalue weighted by molar-refractivity contribution is 0.0696. The van der Waals surface area contributed by atoms with Gasteiger partial charge < -0.3 is 10.1 Å². The molecule has 1 saturated heterocycles. The molecule has 0 unspecified atom stereocenters. The molecule has 6 nitrogen and oxygen atoms in total. The van der Waals surface area contributed by atoms with E-state index < -0.39 is 0 Å². The van der Waals surface area contributed by atoms with Crippen molar-refractivity contribution in [2.24, 2.45) is 5.92 Å². The van der Waals surface area contributed by atoms with Crippen molar-refractivity contribution in [2.75, 3.05) is 13.2 Å². The Bertz CT molecular complexity index is 990. The molecule has 3 heterocycles. The fourth-order valence-electron chi connectivity index (χ4n) is 4.82. The lowest BCUT2D eigenvalue weighted by atomic mass is 9.85. The predicted molar refractivity (Wildman–Crippen MR) is 142 cm³/mol. The number of hydrogen-bond acceptors (Lipinski definition) is 6. The molecule has 0 bridgehead atoms. The van der Waals surface area contributed by atoms with E-state index in [4.69, 9.17) is 19.7 Å². The van der Waals surface area contributed by atoms with Crippen molar-refractivity contribution in [3.63, 3.8) is 0 Å². The Hall–Kier alpha value is -1.86. The molecule has 1 saturated carbocycles. The van der Waals surface area contributed by atoms with E-state index in [0.29, 0.717) is 24.1 Å². The van der Waals surface area contributed by atoms with Gasteiger partial charge in [-0.25, -0.2) is 15.0 Å². The monoisotopic (exact) mass is 498 g/mol. The van der Waals surface area contributed by atoms with Crippen LogP contribution in [0.5, 0.6) is 0 Å². The molecule has 2 aliphatic rings. The van der Waals surface area contributed by atoms with E-state index in [-0.39, 0.29) is 22.8 Å². The Morgan fingerprint density at radius 1 is 0.971 bits per heavy atom.